The van der Waals surface area contributed by atoms with E-state index in [1.165, 1.54) is 6.33 Å². The van der Waals surface area contributed by atoms with Crippen LogP contribution in [0.15, 0.2) is 43.0 Å². The fourth-order valence-electron chi connectivity index (χ4n) is 2.80. The van der Waals surface area contributed by atoms with Gasteiger partial charge in [0.05, 0.1) is 12.9 Å². The van der Waals surface area contributed by atoms with Gasteiger partial charge in [0.2, 0.25) is 5.91 Å². The Labute approximate surface area is 176 Å². The maximum absolute atomic E-state index is 12.9. The van der Waals surface area contributed by atoms with Crippen molar-refractivity contribution in [3.63, 3.8) is 0 Å². The van der Waals surface area contributed by atoms with Gasteiger partial charge in [-0.2, -0.15) is 0 Å². The van der Waals surface area contributed by atoms with Crippen molar-refractivity contribution >= 4 is 47.7 Å². The zero-order valence-electron chi connectivity index (χ0n) is 15.6. The first-order chi connectivity index (χ1) is 12.7. The first kappa shape index (κ1) is 23.6. The molecule has 0 aliphatic rings. The van der Waals surface area contributed by atoms with Gasteiger partial charge in [0.15, 0.2) is 11.5 Å². The number of aromatic nitrogens is 4. The minimum Gasteiger partial charge on any atom is -0.348 e. The Bertz CT molecular complexity index is 859. The van der Waals surface area contributed by atoms with E-state index in [1.807, 2.05) is 47.2 Å². The predicted molar refractivity (Wildman–Crippen MR) is 115 cm³/mol. The molecule has 0 atom stereocenters. The van der Waals surface area contributed by atoms with Crippen LogP contribution in [0.2, 0.25) is 0 Å². The molecule has 0 fully saturated rings. The Kier molecular flexibility index (Phi) is 9.64. The second-order valence-electron chi connectivity index (χ2n) is 6.10. The molecule has 3 rings (SSSR count). The second kappa shape index (κ2) is 11.4. The van der Waals surface area contributed by atoms with Crippen molar-refractivity contribution in [1.29, 1.82) is 0 Å². The van der Waals surface area contributed by atoms with Crippen LogP contribution in [0.4, 0.5) is 5.82 Å². The molecule has 3 N–H and O–H groups in total. The maximum atomic E-state index is 12.9. The summed E-state index contributed by atoms with van der Waals surface area (Å²) in [6.45, 7) is 1.95. The van der Waals surface area contributed by atoms with Crippen LogP contribution in [0.5, 0.6) is 0 Å². The summed E-state index contributed by atoms with van der Waals surface area (Å²) in [5, 5.41) is 0. The molecule has 0 saturated heterocycles. The smallest absolute Gasteiger partial charge is 0.242 e. The van der Waals surface area contributed by atoms with E-state index in [0.717, 1.165) is 17.5 Å². The number of likely N-dealkylation sites (N-methyl/N-ethyl adjacent to an activating group) is 1. The lowest BCUT2D eigenvalue weighted by Gasteiger charge is -2.26. The molecule has 0 unspecified atom stereocenters. The van der Waals surface area contributed by atoms with E-state index < -0.39 is 0 Å². The van der Waals surface area contributed by atoms with Crippen molar-refractivity contribution < 1.29 is 4.79 Å². The van der Waals surface area contributed by atoms with Crippen molar-refractivity contribution in [3.05, 3.63) is 48.5 Å². The third kappa shape index (κ3) is 5.79. The fourth-order valence-corrected chi connectivity index (χ4v) is 2.80. The molecule has 3 aromatic rings. The number of fused-ring (bicyclic) bond motifs is 1. The fraction of sp³-hybridized carbons (Fsp3) is 0.333. The Morgan fingerprint density at radius 3 is 2.61 bits per heavy atom. The summed E-state index contributed by atoms with van der Waals surface area (Å²) < 4.78 is 0. The number of benzene rings is 1. The van der Waals surface area contributed by atoms with Gasteiger partial charge in [0.1, 0.15) is 11.8 Å². The number of amides is 1. The van der Waals surface area contributed by atoms with Crippen LogP contribution in [0.3, 0.4) is 0 Å². The zero-order valence-corrected chi connectivity index (χ0v) is 17.2. The van der Waals surface area contributed by atoms with E-state index in [9.17, 15) is 4.79 Å². The number of carbonyl (C=O) groups excluding carboxylic acids is 1. The largest absolute Gasteiger partial charge is 0.348 e. The molecule has 0 aliphatic heterocycles. The van der Waals surface area contributed by atoms with Gasteiger partial charge in [-0.3, -0.25) is 4.79 Å². The molecule has 0 bridgehead atoms. The highest BCUT2D eigenvalue weighted by molar-refractivity contribution is 5.87. The van der Waals surface area contributed by atoms with Gasteiger partial charge in [-0.25, -0.2) is 15.0 Å². The predicted octanol–water partition coefficient (Wildman–Crippen LogP) is 2.01. The first-order valence-corrected chi connectivity index (χ1v) is 8.56. The zero-order chi connectivity index (χ0) is 18.4. The van der Waals surface area contributed by atoms with Crippen LogP contribution in [-0.4, -0.2) is 57.4 Å². The quantitative estimate of drug-likeness (QED) is 0.571. The van der Waals surface area contributed by atoms with Gasteiger partial charge in [-0.15, -0.1) is 24.8 Å². The highest BCUT2D eigenvalue weighted by Gasteiger charge is 2.18. The lowest BCUT2D eigenvalue weighted by atomic mass is 10.2. The van der Waals surface area contributed by atoms with E-state index in [2.05, 4.69) is 19.9 Å². The number of nitrogens with zero attached hydrogens (tertiary/aromatic N) is 5. The summed E-state index contributed by atoms with van der Waals surface area (Å²) in [5.41, 5.74) is 8.04. The van der Waals surface area contributed by atoms with E-state index in [4.69, 9.17) is 5.73 Å². The molecular weight excluding hydrogens is 401 g/mol. The topological polar surface area (TPSA) is 104 Å². The van der Waals surface area contributed by atoms with Crippen molar-refractivity contribution in [2.75, 3.05) is 31.6 Å². The van der Waals surface area contributed by atoms with Gasteiger partial charge in [-0.1, -0.05) is 30.3 Å². The van der Waals surface area contributed by atoms with Crippen LogP contribution in [0.25, 0.3) is 11.2 Å². The number of imidazole rings is 1. The number of halogens is 2. The second-order valence-corrected chi connectivity index (χ2v) is 6.10. The number of anilines is 1. The van der Waals surface area contributed by atoms with Gasteiger partial charge in [0, 0.05) is 20.1 Å². The summed E-state index contributed by atoms with van der Waals surface area (Å²) in [6, 6.07) is 9.95. The Hall–Kier alpha value is -2.42. The summed E-state index contributed by atoms with van der Waals surface area (Å²) >= 11 is 0. The van der Waals surface area contributed by atoms with Crippen LogP contribution in [0, 0.1) is 0 Å². The maximum Gasteiger partial charge on any atom is 0.242 e. The van der Waals surface area contributed by atoms with Gasteiger partial charge >= 0.3 is 0 Å². The molecular formula is C18H25Cl2N7O. The number of rotatable bonds is 8. The van der Waals surface area contributed by atoms with E-state index in [0.29, 0.717) is 31.1 Å². The van der Waals surface area contributed by atoms with Crippen LogP contribution < -0.4 is 10.6 Å². The molecule has 152 valence electrons. The molecule has 0 saturated carbocycles. The standard InChI is InChI=1S/C18H23N7O.2ClH/c1-24(18-16-17(21-12-20-16)22-13-23-18)11-15(26)25(9-5-8-19)10-14-6-3-2-4-7-14;;/h2-4,6-7,12-13H,5,8-11,19H2,1H3,(H,20,21,22,23);2*1H. The molecule has 2 heterocycles. The molecule has 8 nitrogen and oxygen atoms in total. The third-order valence-corrected chi connectivity index (χ3v) is 4.14. The molecule has 0 spiro atoms. The molecule has 10 heteroatoms. The van der Waals surface area contributed by atoms with Crippen molar-refractivity contribution in [3.8, 4) is 0 Å². The first-order valence-electron chi connectivity index (χ1n) is 8.56. The van der Waals surface area contributed by atoms with Crippen LogP contribution in [-0.2, 0) is 11.3 Å². The molecule has 0 aliphatic carbocycles. The van der Waals surface area contributed by atoms with E-state index in [1.54, 1.807) is 6.33 Å². The van der Waals surface area contributed by atoms with Gasteiger partial charge < -0.3 is 20.5 Å². The van der Waals surface area contributed by atoms with E-state index >= 15 is 0 Å². The highest BCUT2D eigenvalue weighted by Crippen LogP contribution is 2.18. The average molecular weight is 426 g/mol. The molecule has 0 radical (unpaired) electrons. The Balaban J connectivity index is 0.00000196. The van der Waals surface area contributed by atoms with Crippen LogP contribution >= 0.6 is 24.8 Å². The summed E-state index contributed by atoms with van der Waals surface area (Å²) in [6.07, 6.45) is 3.79. The highest BCUT2D eigenvalue weighted by atomic mass is 35.5. The van der Waals surface area contributed by atoms with Crippen molar-refractivity contribution in [2.45, 2.75) is 13.0 Å². The van der Waals surface area contributed by atoms with Gasteiger partial charge in [-0.05, 0) is 18.5 Å². The minimum atomic E-state index is 0. The molecule has 2 aromatic heterocycles. The third-order valence-electron chi connectivity index (χ3n) is 4.14. The number of carbonyl (C=O) groups is 1. The summed E-state index contributed by atoms with van der Waals surface area (Å²) in [7, 11) is 1.84. The van der Waals surface area contributed by atoms with Crippen LogP contribution in [0.1, 0.15) is 12.0 Å². The summed E-state index contributed by atoms with van der Waals surface area (Å²) in [5.74, 6) is 0.676. The van der Waals surface area contributed by atoms with E-state index in [-0.39, 0.29) is 37.3 Å². The monoisotopic (exact) mass is 425 g/mol. The van der Waals surface area contributed by atoms with Crippen molar-refractivity contribution in [1.82, 2.24) is 24.8 Å². The minimum absolute atomic E-state index is 0. The lowest BCUT2D eigenvalue weighted by molar-refractivity contribution is -0.130. The number of aromatic amines is 1. The number of hydrogen-bond donors (Lipinski definition) is 2. The number of nitrogens with two attached hydrogens (primary N) is 1. The SMILES string of the molecule is CN(CC(=O)N(CCCN)Cc1ccccc1)c1ncnc2nc[nH]c12.Cl.Cl. The van der Waals surface area contributed by atoms with Gasteiger partial charge in [0.25, 0.3) is 0 Å². The Morgan fingerprint density at radius 1 is 1.14 bits per heavy atom. The normalized spacial score (nSPS) is 10.1. The number of nitrogens with one attached hydrogen (secondary N) is 1. The molecule has 1 amide bonds. The summed E-state index contributed by atoms with van der Waals surface area (Å²) in [4.78, 5) is 32.1. The molecule has 28 heavy (non-hydrogen) atoms. The molecule has 1 aromatic carbocycles. The lowest BCUT2D eigenvalue weighted by Crippen LogP contribution is -2.40. The van der Waals surface area contributed by atoms with Crippen molar-refractivity contribution in [2.24, 2.45) is 5.73 Å². The average Bonchev–Trinajstić information content (AvgIpc) is 3.14. The number of hydrogen-bond acceptors (Lipinski definition) is 6. The Morgan fingerprint density at radius 2 is 1.89 bits per heavy atom. The number of H-pyrrole nitrogens is 1.